The van der Waals surface area contributed by atoms with Crippen LogP contribution >= 0.6 is 58.0 Å². The lowest BCUT2D eigenvalue weighted by Gasteiger charge is -2.05. The van der Waals surface area contributed by atoms with Gasteiger partial charge in [0.25, 0.3) is 0 Å². The molecule has 0 aliphatic carbocycles. The molecule has 9 heteroatoms. The second kappa shape index (κ2) is 6.90. The molecule has 0 radical (unpaired) electrons. The predicted octanol–water partition coefficient (Wildman–Crippen LogP) is 5.50. The van der Waals surface area contributed by atoms with Gasteiger partial charge in [-0.15, -0.1) is 0 Å². The minimum Gasteiger partial charge on any atom is -0.506 e. The van der Waals surface area contributed by atoms with E-state index in [9.17, 15) is 5.11 Å². The second-order valence-corrected chi connectivity index (χ2v) is 5.80. The van der Waals surface area contributed by atoms with Crippen molar-refractivity contribution in [3.05, 3.63) is 49.0 Å². The van der Waals surface area contributed by atoms with E-state index in [0.29, 0.717) is 10.6 Å². The lowest BCUT2D eigenvalue weighted by molar-refractivity contribution is 0.475. The maximum atomic E-state index is 9.76. The first-order valence-corrected chi connectivity index (χ1v) is 7.26. The van der Waals surface area contributed by atoms with Crippen molar-refractivity contribution in [2.45, 2.75) is 0 Å². The predicted molar refractivity (Wildman–Crippen MR) is 88.6 cm³/mol. The molecule has 1 heterocycles. The van der Waals surface area contributed by atoms with E-state index in [1.54, 1.807) is 0 Å². The van der Waals surface area contributed by atoms with Crippen LogP contribution in [-0.4, -0.2) is 16.3 Å². The Morgan fingerprint density at radius 1 is 1.00 bits per heavy atom. The number of nitrogens with zero attached hydrogens (tertiary/aromatic N) is 2. The molecule has 0 amide bonds. The van der Waals surface area contributed by atoms with Gasteiger partial charge in [0.15, 0.2) is 5.82 Å². The van der Waals surface area contributed by atoms with Gasteiger partial charge in [0.2, 0.25) is 0 Å². The Hall–Kier alpha value is -0.910. The van der Waals surface area contributed by atoms with Crippen LogP contribution in [0.5, 0.6) is 5.75 Å². The number of aromatic nitrogens is 1. The fraction of sp³-hybridized carbons (Fsp3) is 0. The number of benzene rings is 1. The number of halogens is 5. The molecular weight excluding hydrogens is 379 g/mol. The highest BCUT2D eigenvalue weighted by atomic mass is 35.5. The summed E-state index contributed by atoms with van der Waals surface area (Å²) in [5.74, 6) is 0.0785. The molecule has 21 heavy (non-hydrogen) atoms. The number of nitrogens with one attached hydrogen (secondary N) is 1. The minimum absolute atomic E-state index is 0.0902. The molecule has 0 fully saturated rings. The third-order valence-electron chi connectivity index (χ3n) is 2.32. The Bertz CT molecular complexity index is 721. The number of phenolic OH excluding ortho intramolecular Hbond substituents is 1. The van der Waals surface area contributed by atoms with Crippen LogP contribution in [0.2, 0.25) is 25.2 Å². The first-order valence-electron chi connectivity index (χ1n) is 5.37. The molecule has 0 bridgehead atoms. The molecule has 4 nitrogen and oxygen atoms in total. The van der Waals surface area contributed by atoms with Crippen LogP contribution in [0.15, 0.2) is 23.3 Å². The van der Waals surface area contributed by atoms with Crippen LogP contribution in [0.25, 0.3) is 0 Å². The van der Waals surface area contributed by atoms with Crippen molar-refractivity contribution in [3.63, 3.8) is 0 Å². The van der Waals surface area contributed by atoms with Gasteiger partial charge in [-0.3, -0.25) is 5.43 Å². The normalized spacial score (nSPS) is 11.1. The summed E-state index contributed by atoms with van der Waals surface area (Å²) in [4.78, 5) is 3.92. The highest BCUT2D eigenvalue weighted by Crippen LogP contribution is 2.31. The van der Waals surface area contributed by atoms with E-state index in [4.69, 9.17) is 58.0 Å². The zero-order chi connectivity index (χ0) is 15.6. The van der Waals surface area contributed by atoms with Crippen LogP contribution in [0, 0.1) is 0 Å². The topological polar surface area (TPSA) is 57.5 Å². The van der Waals surface area contributed by atoms with E-state index < -0.39 is 0 Å². The van der Waals surface area contributed by atoms with Crippen molar-refractivity contribution < 1.29 is 5.11 Å². The molecule has 0 saturated carbocycles. The average Bonchev–Trinajstić information content (AvgIpc) is 2.41. The van der Waals surface area contributed by atoms with Gasteiger partial charge in [0, 0.05) is 10.6 Å². The number of hydrogen-bond donors (Lipinski definition) is 2. The van der Waals surface area contributed by atoms with E-state index in [1.165, 1.54) is 24.4 Å². The maximum Gasteiger partial charge on any atom is 0.166 e. The van der Waals surface area contributed by atoms with Gasteiger partial charge in [-0.2, -0.15) is 5.10 Å². The number of hydrogen-bond acceptors (Lipinski definition) is 4. The van der Waals surface area contributed by atoms with Crippen molar-refractivity contribution in [2.75, 3.05) is 5.43 Å². The fourth-order valence-electron chi connectivity index (χ4n) is 1.37. The third-order valence-corrected chi connectivity index (χ3v) is 3.79. The molecule has 0 aliphatic heterocycles. The van der Waals surface area contributed by atoms with Crippen molar-refractivity contribution in [3.8, 4) is 5.75 Å². The number of anilines is 1. The molecule has 2 aromatic rings. The van der Waals surface area contributed by atoms with Crippen molar-refractivity contribution >= 4 is 70.0 Å². The first-order chi connectivity index (χ1) is 9.88. The second-order valence-electron chi connectivity index (χ2n) is 3.79. The fourth-order valence-corrected chi connectivity index (χ4v) is 2.42. The monoisotopic (exact) mass is 383 g/mol. The van der Waals surface area contributed by atoms with E-state index in [0.717, 1.165) is 0 Å². The smallest absolute Gasteiger partial charge is 0.166 e. The molecule has 0 spiro atoms. The average molecular weight is 385 g/mol. The summed E-state index contributed by atoms with van der Waals surface area (Å²) >= 11 is 29.1. The molecule has 2 N–H and O–H groups in total. The summed E-state index contributed by atoms with van der Waals surface area (Å²) < 4.78 is 0. The van der Waals surface area contributed by atoms with Crippen LogP contribution in [0.4, 0.5) is 5.82 Å². The summed E-state index contributed by atoms with van der Waals surface area (Å²) in [7, 11) is 0. The minimum atomic E-state index is -0.139. The van der Waals surface area contributed by atoms with Gasteiger partial charge in [0.1, 0.15) is 10.9 Å². The molecule has 110 valence electrons. The maximum absolute atomic E-state index is 9.76. The summed E-state index contributed by atoms with van der Waals surface area (Å²) in [6.45, 7) is 0. The summed E-state index contributed by atoms with van der Waals surface area (Å²) in [5.41, 5.74) is 2.91. The molecule has 1 aromatic carbocycles. The van der Waals surface area contributed by atoms with Crippen molar-refractivity contribution in [1.82, 2.24) is 4.98 Å². The van der Waals surface area contributed by atoms with Gasteiger partial charge in [-0.25, -0.2) is 4.98 Å². The standard InChI is InChI=1S/C12H6Cl5N3O/c13-6-1-5(10(21)7(14)2-6)4-18-20-12-9(16)3-8(15)11(17)19-12/h1-4,21H,(H,19,20)/b18-4+. The molecule has 0 atom stereocenters. The van der Waals surface area contributed by atoms with Crippen LogP contribution in [0.1, 0.15) is 5.56 Å². The molecule has 1 aromatic heterocycles. The number of phenols is 1. The van der Waals surface area contributed by atoms with Gasteiger partial charge in [0.05, 0.1) is 21.3 Å². The van der Waals surface area contributed by atoms with Gasteiger partial charge < -0.3 is 5.11 Å². The van der Waals surface area contributed by atoms with Crippen molar-refractivity contribution in [2.24, 2.45) is 5.10 Å². The molecule has 0 aliphatic rings. The molecule has 0 saturated heterocycles. The Kier molecular flexibility index (Phi) is 5.41. The third kappa shape index (κ3) is 4.05. The van der Waals surface area contributed by atoms with E-state index in [2.05, 4.69) is 15.5 Å². The van der Waals surface area contributed by atoms with Crippen molar-refractivity contribution in [1.29, 1.82) is 0 Å². The Morgan fingerprint density at radius 3 is 2.43 bits per heavy atom. The number of hydrazone groups is 1. The van der Waals surface area contributed by atoms with E-state index >= 15 is 0 Å². The zero-order valence-corrected chi connectivity index (χ0v) is 13.8. The quantitative estimate of drug-likeness (QED) is 0.417. The van der Waals surface area contributed by atoms with Crippen LogP contribution in [0.3, 0.4) is 0 Å². The molecule has 0 unspecified atom stereocenters. The number of pyridine rings is 1. The zero-order valence-electron chi connectivity index (χ0n) is 10.0. The number of rotatable bonds is 3. The SMILES string of the molecule is Oc1c(Cl)cc(Cl)cc1/C=N/Nc1nc(Cl)c(Cl)cc1Cl. The summed E-state index contributed by atoms with van der Waals surface area (Å²) in [6, 6.07) is 4.35. The van der Waals surface area contributed by atoms with Gasteiger partial charge in [-0.05, 0) is 18.2 Å². The van der Waals surface area contributed by atoms with Gasteiger partial charge >= 0.3 is 0 Å². The van der Waals surface area contributed by atoms with E-state index in [1.807, 2.05) is 0 Å². The Morgan fingerprint density at radius 2 is 1.71 bits per heavy atom. The van der Waals surface area contributed by atoms with Crippen LogP contribution in [-0.2, 0) is 0 Å². The highest BCUT2D eigenvalue weighted by molar-refractivity contribution is 6.43. The number of aromatic hydroxyl groups is 1. The molecule has 2 rings (SSSR count). The lowest BCUT2D eigenvalue weighted by Crippen LogP contribution is -1.95. The van der Waals surface area contributed by atoms with Gasteiger partial charge in [-0.1, -0.05) is 58.0 Å². The Labute approximate surface area is 145 Å². The summed E-state index contributed by atoms with van der Waals surface area (Å²) in [5, 5.41) is 14.7. The largest absolute Gasteiger partial charge is 0.506 e. The van der Waals surface area contributed by atoms with Crippen LogP contribution < -0.4 is 5.43 Å². The highest BCUT2D eigenvalue weighted by Gasteiger charge is 2.08. The summed E-state index contributed by atoms with van der Waals surface area (Å²) in [6.07, 6.45) is 1.31. The Balaban J connectivity index is 2.22. The first kappa shape index (κ1) is 16.5. The molecular formula is C12H6Cl5N3O. The lowest BCUT2D eigenvalue weighted by atomic mass is 10.2. The van der Waals surface area contributed by atoms with E-state index in [-0.39, 0.29) is 31.8 Å².